The number of carbonyl (C=O) groups excluding carboxylic acids is 1. The lowest BCUT2D eigenvalue weighted by molar-refractivity contribution is 0.0600. The monoisotopic (exact) mass is 240 g/mol. The molecule has 1 amide bonds. The third kappa shape index (κ3) is 2.80. The second-order valence-corrected chi connectivity index (χ2v) is 4.93. The Bertz CT molecular complexity index is 332. The van der Waals surface area contributed by atoms with E-state index in [1.54, 1.807) is 18.8 Å². The second-order valence-electron chi connectivity index (χ2n) is 4.05. The van der Waals surface area contributed by atoms with Crippen LogP contribution in [0.4, 0.5) is 0 Å². The molecule has 88 valence electrons. The third-order valence-corrected chi connectivity index (χ3v) is 3.77. The van der Waals surface area contributed by atoms with Crippen LogP contribution in [0.15, 0.2) is 11.7 Å². The number of carbonyl (C=O) groups is 1. The van der Waals surface area contributed by atoms with Gasteiger partial charge < -0.3 is 10.1 Å². The van der Waals surface area contributed by atoms with Crippen LogP contribution in [0.1, 0.15) is 35.4 Å². The number of rotatable bonds is 3. The van der Waals surface area contributed by atoms with E-state index in [4.69, 9.17) is 4.74 Å². The molecular weight excluding hydrogens is 224 g/mol. The van der Waals surface area contributed by atoms with Gasteiger partial charge in [0.25, 0.3) is 5.91 Å². The van der Waals surface area contributed by atoms with Gasteiger partial charge in [-0.2, -0.15) is 0 Å². The first-order valence-corrected chi connectivity index (χ1v) is 6.39. The Morgan fingerprint density at radius 1 is 1.50 bits per heavy atom. The fourth-order valence-electron chi connectivity index (χ4n) is 2.03. The Labute approximate surface area is 99.0 Å². The van der Waals surface area contributed by atoms with Crippen molar-refractivity contribution >= 4 is 17.2 Å². The third-order valence-electron chi connectivity index (χ3n) is 3.00. The number of nitrogens with one attached hydrogen (secondary N) is 1. The van der Waals surface area contributed by atoms with Gasteiger partial charge in [0.1, 0.15) is 4.88 Å². The zero-order chi connectivity index (χ0) is 11.4. The highest BCUT2D eigenvalue weighted by atomic mass is 32.1. The van der Waals surface area contributed by atoms with Crippen molar-refractivity contribution in [3.05, 3.63) is 16.6 Å². The van der Waals surface area contributed by atoms with Gasteiger partial charge in [-0.05, 0) is 25.7 Å². The Morgan fingerprint density at radius 3 is 2.81 bits per heavy atom. The zero-order valence-corrected chi connectivity index (χ0v) is 10.1. The predicted octanol–water partition coefficient (Wildman–Crippen LogP) is 1.83. The van der Waals surface area contributed by atoms with Crippen molar-refractivity contribution in [1.82, 2.24) is 10.3 Å². The molecule has 1 saturated carbocycles. The minimum Gasteiger partial charge on any atom is -0.381 e. The quantitative estimate of drug-likeness (QED) is 0.877. The van der Waals surface area contributed by atoms with E-state index in [1.807, 2.05) is 0 Å². The lowest BCUT2D eigenvalue weighted by atomic mass is 9.93. The fraction of sp³-hybridized carbons (Fsp3) is 0.636. The first-order chi connectivity index (χ1) is 7.79. The molecule has 0 spiro atoms. The molecule has 1 aliphatic rings. The molecule has 16 heavy (non-hydrogen) atoms. The maximum atomic E-state index is 11.8. The number of methoxy groups -OCH3 is 1. The minimum absolute atomic E-state index is 0.00312. The van der Waals surface area contributed by atoms with Gasteiger partial charge in [-0.25, -0.2) is 0 Å². The number of hydrogen-bond acceptors (Lipinski definition) is 4. The average Bonchev–Trinajstić information content (AvgIpc) is 2.83. The topological polar surface area (TPSA) is 51.2 Å². The number of hydrogen-bond donors (Lipinski definition) is 1. The molecule has 0 aromatic carbocycles. The standard InChI is InChI=1S/C11H16N2O2S/c1-15-9-4-2-8(3-5-9)13-11(14)10-6-12-7-16-10/h6-9H,2-5H2,1H3,(H,13,14). The SMILES string of the molecule is COC1CCC(NC(=O)c2cncs2)CC1. The molecule has 0 unspecified atom stereocenters. The molecule has 2 rings (SSSR count). The van der Waals surface area contributed by atoms with E-state index in [9.17, 15) is 4.79 Å². The molecular formula is C11H16N2O2S. The molecule has 1 fully saturated rings. The number of amides is 1. The molecule has 0 aliphatic heterocycles. The summed E-state index contributed by atoms with van der Waals surface area (Å²) in [4.78, 5) is 16.3. The Hall–Kier alpha value is -0.940. The molecule has 1 aromatic heterocycles. The van der Waals surface area contributed by atoms with Gasteiger partial charge in [-0.15, -0.1) is 11.3 Å². The molecule has 1 N–H and O–H groups in total. The second kappa shape index (κ2) is 5.41. The zero-order valence-electron chi connectivity index (χ0n) is 9.31. The number of ether oxygens (including phenoxy) is 1. The van der Waals surface area contributed by atoms with Gasteiger partial charge in [0.2, 0.25) is 0 Å². The Kier molecular flexibility index (Phi) is 3.90. The van der Waals surface area contributed by atoms with Gasteiger partial charge in [-0.1, -0.05) is 0 Å². The fourth-order valence-corrected chi connectivity index (χ4v) is 2.55. The van der Waals surface area contributed by atoms with Crippen LogP contribution in [-0.2, 0) is 4.74 Å². The van der Waals surface area contributed by atoms with Crippen molar-refractivity contribution in [2.24, 2.45) is 0 Å². The largest absolute Gasteiger partial charge is 0.381 e. The summed E-state index contributed by atoms with van der Waals surface area (Å²) in [6.45, 7) is 0. The maximum Gasteiger partial charge on any atom is 0.263 e. The van der Waals surface area contributed by atoms with Gasteiger partial charge in [0.15, 0.2) is 0 Å². The lowest BCUT2D eigenvalue weighted by Crippen LogP contribution is -2.38. The summed E-state index contributed by atoms with van der Waals surface area (Å²) in [5.41, 5.74) is 1.68. The summed E-state index contributed by atoms with van der Waals surface area (Å²) in [6, 6.07) is 0.293. The van der Waals surface area contributed by atoms with Crippen LogP contribution in [0.3, 0.4) is 0 Å². The predicted molar refractivity (Wildman–Crippen MR) is 62.6 cm³/mol. The number of nitrogens with zero attached hydrogens (tertiary/aromatic N) is 1. The smallest absolute Gasteiger partial charge is 0.263 e. The average molecular weight is 240 g/mol. The summed E-state index contributed by atoms with van der Waals surface area (Å²) >= 11 is 1.38. The molecule has 1 aromatic rings. The molecule has 0 atom stereocenters. The van der Waals surface area contributed by atoms with Crippen molar-refractivity contribution in [3.63, 3.8) is 0 Å². The van der Waals surface area contributed by atoms with Crippen LogP contribution in [0.5, 0.6) is 0 Å². The summed E-state index contributed by atoms with van der Waals surface area (Å²) in [5, 5.41) is 3.04. The van der Waals surface area contributed by atoms with E-state index in [2.05, 4.69) is 10.3 Å². The minimum atomic E-state index is 0.00312. The van der Waals surface area contributed by atoms with Gasteiger partial charge in [-0.3, -0.25) is 9.78 Å². The molecule has 1 heterocycles. The van der Waals surface area contributed by atoms with Crippen LogP contribution in [0, 0.1) is 0 Å². The van der Waals surface area contributed by atoms with Crippen molar-refractivity contribution < 1.29 is 9.53 Å². The van der Waals surface area contributed by atoms with Crippen LogP contribution in [0.25, 0.3) is 0 Å². The van der Waals surface area contributed by atoms with E-state index < -0.39 is 0 Å². The van der Waals surface area contributed by atoms with E-state index in [-0.39, 0.29) is 5.91 Å². The van der Waals surface area contributed by atoms with Crippen LogP contribution >= 0.6 is 11.3 Å². The van der Waals surface area contributed by atoms with Crippen LogP contribution in [-0.4, -0.2) is 30.1 Å². The molecule has 4 nitrogen and oxygen atoms in total. The lowest BCUT2D eigenvalue weighted by Gasteiger charge is -2.27. The molecule has 0 bridgehead atoms. The normalized spacial score (nSPS) is 25.3. The van der Waals surface area contributed by atoms with Crippen LogP contribution in [0.2, 0.25) is 0 Å². The van der Waals surface area contributed by atoms with Crippen molar-refractivity contribution in [2.45, 2.75) is 37.8 Å². The summed E-state index contributed by atoms with van der Waals surface area (Å²) < 4.78 is 5.30. The molecule has 5 heteroatoms. The van der Waals surface area contributed by atoms with Crippen molar-refractivity contribution in [2.75, 3.05) is 7.11 Å². The van der Waals surface area contributed by atoms with E-state index in [0.717, 1.165) is 25.7 Å². The summed E-state index contributed by atoms with van der Waals surface area (Å²) in [6.07, 6.45) is 6.05. The molecule has 0 saturated heterocycles. The highest BCUT2D eigenvalue weighted by Crippen LogP contribution is 2.21. The van der Waals surface area contributed by atoms with Crippen molar-refractivity contribution in [1.29, 1.82) is 0 Å². The first kappa shape index (κ1) is 11.5. The van der Waals surface area contributed by atoms with Crippen molar-refractivity contribution in [3.8, 4) is 0 Å². The van der Waals surface area contributed by atoms with E-state index in [0.29, 0.717) is 17.0 Å². The Morgan fingerprint density at radius 2 is 2.25 bits per heavy atom. The first-order valence-electron chi connectivity index (χ1n) is 5.51. The van der Waals surface area contributed by atoms with E-state index in [1.165, 1.54) is 11.3 Å². The maximum absolute atomic E-state index is 11.8. The number of thiazole rings is 1. The summed E-state index contributed by atoms with van der Waals surface area (Å²) in [5.74, 6) is 0.00312. The van der Waals surface area contributed by atoms with Gasteiger partial charge in [0, 0.05) is 13.2 Å². The van der Waals surface area contributed by atoms with Gasteiger partial charge in [0.05, 0.1) is 17.8 Å². The van der Waals surface area contributed by atoms with E-state index >= 15 is 0 Å². The number of aromatic nitrogens is 1. The summed E-state index contributed by atoms with van der Waals surface area (Å²) in [7, 11) is 1.75. The Balaban J connectivity index is 1.81. The molecule has 1 aliphatic carbocycles. The highest BCUT2D eigenvalue weighted by molar-refractivity contribution is 7.11. The molecule has 0 radical (unpaired) electrons. The van der Waals surface area contributed by atoms with Crippen LogP contribution < -0.4 is 5.32 Å². The highest BCUT2D eigenvalue weighted by Gasteiger charge is 2.22. The van der Waals surface area contributed by atoms with Gasteiger partial charge >= 0.3 is 0 Å².